The molecule has 0 saturated carbocycles. The van der Waals surface area contributed by atoms with Gasteiger partial charge in [-0.2, -0.15) is 0 Å². The second kappa shape index (κ2) is 9.02. The van der Waals surface area contributed by atoms with Crippen LogP contribution in [-0.4, -0.2) is 4.98 Å². The number of aryl methyl sites for hydroxylation is 1. The first-order chi connectivity index (χ1) is 9.41. The number of rotatable bonds is 1. The van der Waals surface area contributed by atoms with Crippen molar-refractivity contribution >= 4 is 17.3 Å². The summed E-state index contributed by atoms with van der Waals surface area (Å²) < 4.78 is 27.1. The van der Waals surface area contributed by atoms with E-state index in [0.717, 1.165) is 0 Å². The molecule has 0 radical (unpaired) electrons. The van der Waals surface area contributed by atoms with Gasteiger partial charge in [-0.05, 0) is 24.6 Å². The summed E-state index contributed by atoms with van der Waals surface area (Å²) in [6, 6.07) is 3.96. The first kappa shape index (κ1) is 20.8. The van der Waals surface area contributed by atoms with Gasteiger partial charge in [-0.25, -0.2) is 8.78 Å². The van der Waals surface area contributed by atoms with E-state index in [1.165, 1.54) is 25.1 Å². The average Bonchev–Trinajstić information content (AvgIpc) is 2.44. The standard InChI is InChI=1S/C12H9ClF2N2O.C2H6.K/c1-5-2-3-6(11(15)10(5)14)8-4-7(16)9(13)12(18)17-8;1-2;/h2-4H,1H3,(H3,16,17,18);1-2H3;/q;;+1/p-1. The molecule has 0 unspecified atom stereocenters. The van der Waals surface area contributed by atoms with Gasteiger partial charge >= 0.3 is 51.4 Å². The number of halogens is 3. The van der Waals surface area contributed by atoms with Crippen LogP contribution < -0.4 is 62.2 Å². The van der Waals surface area contributed by atoms with Crippen LogP contribution in [0.5, 0.6) is 5.88 Å². The van der Waals surface area contributed by atoms with Crippen molar-refractivity contribution in [2.24, 2.45) is 0 Å². The van der Waals surface area contributed by atoms with E-state index in [1.807, 2.05) is 13.8 Å². The quantitative estimate of drug-likeness (QED) is 0.778. The van der Waals surface area contributed by atoms with Crippen LogP contribution in [0.1, 0.15) is 19.4 Å². The van der Waals surface area contributed by atoms with Crippen molar-refractivity contribution in [2.75, 3.05) is 5.73 Å². The van der Waals surface area contributed by atoms with Crippen molar-refractivity contribution < 1.29 is 65.3 Å². The van der Waals surface area contributed by atoms with Gasteiger partial charge in [-0.3, -0.25) is 4.98 Å². The van der Waals surface area contributed by atoms with Crippen molar-refractivity contribution in [3.05, 3.63) is 40.4 Å². The first-order valence-electron chi connectivity index (χ1n) is 5.99. The molecule has 3 nitrogen and oxygen atoms in total. The molecule has 0 saturated heterocycles. The zero-order valence-electron chi connectivity index (χ0n) is 12.3. The third kappa shape index (κ3) is 4.61. The fraction of sp³-hybridized carbons (Fsp3) is 0.214. The van der Waals surface area contributed by atoms with Gasteiger partial charge in [-0.15, -0.1) is 0 Å². The Bertz CT molecular complexity index is 616. The number of benzene rings is 1. The zero-order valence-corrected chi connectivity index (χ0v) is 16.2. The van der Waals surface area contributed by atoms with E-state index in [4.69, 9.17) is 17.3 Å². The summed E-state index contributed by atoms with van der Waals surface area (Å²) in [5.41, 5.74) is 5.47. The molecule has 0 atom stereocenters. The molecule has 2 rings (SSSR count). The van der Waals surface area contributed by atoms with Crippen LogP contribution in [0, 0.1) is 18.6 Å². The number of hydrogen-bond acceptors (Lipinski definition) is 3. The van der Waals surface area contributed by atoms with Crippen LogP contribution in [0.4, 0.5) is 14.5 Å². The predicted octanol–water partition coefficient (Wildman–Crippen LogP) is 0.675. The van der Waals surface area contributed by atoms with Gasteiger partial charge in [0.1, 0.15) is 0 Å². The first-order valence-corrected chi connectivity index (χ1v) is 6.37. The molecule has 1 heterocycles. The summed E-state index contributed by atoms with van der Waals surface area (Å²) in [4.78, 5) is 3.56. The van der Waals surface area contributed by atoms with Gasteiger partial charge in [0.05, 0.1) is 16.4 Å². The van der Waals surface area contributed by atoms with Crippen LogP contribution in [0.25, 0.3) is 11.3 Å². The molecule has 0 aliphatic heterocycles. The molecule has 0 aliphatic carbocycles. The summed E-state index contributed by atoms with van der Waals surface area (Å²) in [5.74, 6) is -2.81. The molecular weight excluding hydrogens is 325 g/mol. The summed E-state index contributed by atoms with van der Waals surface area (Å²) in [5, 5.41) is 11.1. The third-order valence-electron chi connectivity index (χ3n) is 2.51. The van der Waals surface area contributed by atoms with Gasteiger partial charge in [0.2, 0.25) is 0 Å². The SMILES string of the molecule is CC.Cc1ccc(-c2cc(N)c(Cl)c([O-])n2)c(F)c1F.[K+]. The Morgan fingerprint density at radius 3 is 2.29 bits per heavy atom. The Morgan fingerprint density at radius 2 is 1.76 bits per heavy atom. The summed E-state index contributed by atoms with van der Waals surface area (Å²) >= 11 is 5.57. The summed E-state index contributed by atoms with van der Waals surface area (Å²) in [6.45, 7) is 5.44. The molecule has 0 spiro atoms. The maximum Gasteiger partial charge on any atom is 1.00 e. The number of pyridine rings is 1. The van der Waals surface area contributed by atoms with Gasteiger partial charge in [-0.1, -0.05) is 31.5 Å². The Balaban J connectivity index is 0.00000128. The number of aromatic nitrogens is 1. The summed E-state index contributed by atoms with van der Waals surface area (Å²) in [6.07, 6.45) is 0. The predicted molar refractivity (Wildman–Crippen MR) is 74.5 cm³/mol. The largest absolute Gasteiger partial charge is 1.00 e. The van der Waals surface area contributed by atoms with Crippen molar-refractivity contribution in [3.8, 4) is 17.1 Å². The van der Waals surface area contributed by atoms with E-state index in [-0.39, 0.29) is 78.9 Å². The molecule has 2 N–H and O–H groups in total. The van der Waals surface area contributed by atoms with Gasteiger partial charge in [0, 0.05) is 11.4 Å². The van der Waals surface area contributed by atoms with E-state index in [0.29, 0.717) is 0 Å². The fourth-order valence-electron chi connectivity index (χ4n) is 1.51. The van der Waals surface area contributed by atoms with Crippen LogP contribution in [-0.2, 0) is 0 Å². The normalized spacial score (nSPS) is 9.43. The van der Waals surface area contributed by atoms with Crippen LogP contribution >= 0.6 is 11.6 Å². The maximum absolute atomic E-state index is 13.7. The molecule has 21 heavy (non-hydrogen) atoms. The van der Waals surface area contributed by atoms with Crippen LogP contribution in [0.15, 0.2) is 18.2 Å². The molecule has 108 valence electrons. The van der Waals surface area contributed by atoms with E-state index < -0.39 is 17.5 Å². The van der Waals surface area contributed by atoms with Crippen molar-refractivity contribution in [2.45, 2.75) is 20.8 Å². The zero-order chi connectivity index (χ0) is 15.4. The molecule has 7 heteroatoms. The Kier molecular flexibility index (Phi) is 8.92. The van der Waals surface area contributed by atoms with Crippen molar-refractivity contribution in [1.82, 2.24) is 4.98 Å². The van der Waals surface area contributed by atoms with Crippen LogP contribution in [0.2, 0.25) is 5.02 Å². The van der Waals surface area contributed by atoms with Gasteiger partial charge in [0.15, 0.2) is 11.6 Å². The molecule has 0 fully saturated rings. The topological polar surface area (TPSA) is 62.0 Å². The maximum atomic E-state index is 13.7. The number of hydrogen-bond donors (Lipinski definition) is 1. The number of anilines is 1. The van der Waals surface area contributed by atoms with Gasteiger partial charge < -0.3 is 10.8 Å². The molecule has 0 aliphatic rings. The third-order valence-corrected chi connectivity index (χ3v) is 2.89. The van der Waals surface area contributed by atoms with Gasteiger partial charge in [0.25, 0.3) is 0 Å². The summed E-state index contributed by atoms with van der Waals surface area (Å²) in [7, 11) is 0. The van der Waals surface area contributed by atoms with E-state index in [1.54, 1.807) is 0 Å². The second-order valence-electron chi connectivity index (χ2n) is 3.77. The number of nitrogens with zero attached hydrogens (tertiary/aromatic N) is 1. The minimum atomic E-state index is -1.07. The number of nitrogens with two attached hydrogens (primary N) is 1. The number of nitrogen functional groups attached to an aromatic ring is 1. The minimum Gasteiger partial charge on any atom is -0.858 e. The Hall–Kier alpha value is -0.244. The molecule has 0 amide bonds. The Morgan fingerprint density at radius 1 is 1.19 bits per heavy atom. The molecule has 1 aromatic carbocycles. The van der Waals surface area contributed by atoms with E-state index in [2.05, 4.69) is 4.98 Å². The Labute approximate surface area is 169 Å². The van der Waals surface area contributed by atoms with Crippen LogP contribution in [0.3, 0.4) is 0 Å². The molecule has 1 aromatic heterocycles. The second-order valence-corrected chi connectivity index (χ2v) is 4.15. The molecule has 2 aromatic rings. The minimum absolute atomic E-state index is 0. The van der Waals surface area contributed by atoms with Crippen molar-refractivity contribution in [1.29, 1.82) is 0 Å². The van der Waals surface area contributed by atoms with E-state index >= 15 is 0 Å². The molecule has 0 bridgehead atoms. The average molecular weight is 339 g/mol. The fourth-order valence-corrected chi connectivity index (χ4v) is 1.60. The molecular formula is C14H14ClF2KN2O. The monoisotopic (exact) mass is 338 g/mol. The smallest absolute Gasteiger partial charge is 0.858 e. The van der Waals surface area contributed by atoms with E-state index in [9.17, 15) is 13.9 Å². The van der Waals surface area contributed by atoms with Crippen molar-refractivity contribution in [3.63, 3.8) is 0 Å².